The van der Waals surface area contributed by atoms with E-state index in [1.54, 1.807) is 0 Å². The largest absolute Gasteiger partial charge is 0.338 e. The third-order valence-corrected chi connectivity index (χ3v) is 4.51. The van der Waals surface area contributed by atoms with Crippen molar-refractivity contribution in [3.8, 4) is 0 Å². The maximum Gasteiger partial charge on any atom is 0.239 e. The van der Waals surface area contributed by atoms with E-state index in [4.69, 9.17) is 0 Å². The summed E-state index contributed by atoms with van der Waals surface area (Å²) in [6, 6.07) is 0.757. The summed E-state index contributed by atoms with van der Waals surface area (Å²) in [4.78, 5) is 17.0. The van der Waals surface area contributed by atoms with Gasteiger partial charge in [-0.25, -0.2) is 0 Å². The quantitative estimate of drug-likeness (QED) is 0.718. The van der Waals surface area contributed by atoms with Gasteiger partial charge in [0.2, 0.25) is 5.91 Å². The summed E-state index contributed by atoms with van der Waals surface area (Å²) in [5, 5.41) is 3.37. The Bertz CT molecular complexity index is 288. The predicted octanol–water partition coefficient (Wildman–Crippen LogP) is 0.435. The number of piperazine rings is 1. The number of rotatable bonds is 1. The summed E-state index contributed by atoms with van der Waals surface area (Å²) >= 11 is 0. The number of nitrogens with one attached hydrogen (secondary N) is 1. The van der Waals surface area contributed by atoms with Crippen LogP contribution in [-0.4, -0.2) is 60.5 Å². The molecule has 0 spiro atoms. The Morgan fingerprint density at radius 3 is 2.82 bits per heavy atom. The van der Waals surface area contributed by atoms with Crippen molar-refractivity contribution in [2.75, 3.05) is 32.7 Å². The van der Waals surface area contributed by atoms with E-state index in [9.17, 15) is 4.79 Å². The van der Waals surface area contributed by atoms with Gasteiger partial charge in [0.1, 0.15) is 0 Å². The monoisotopic (exact) mass is 237 g/mol. The first-order valence-electron chi connectivity index (χ1n) is 7.11. The molecule has 0 aromatic heterocycles. The molecule has 3 aliphatic heterocycles. The van der Waals surface area contributed by atoms with Crippen LogP contribution in [0.2, 0.25) is 0 Å². The Labute approximate surface area is 103 Å². The first kappa shape index (κ1) is 11.5. The zero-order valence-electron chi connectivity index (χ0n) is 10.5. The van der Waals surface area contributed by atoms with Crippen LogP contribution >= 0.6 is 0 Å². The molecule has 0 bridgehead atoms. The molecule has 3 saturated heterocycles. The Kier molecular flexibility index (Phi) is 3.34. The second kappa shape index (κ2) is 4.94. The number of carbonyl (C=O) groups is 1. The number of carbonyl (C=O) groups excluding carboxylic acids is 1. The molecule has 0 aliphatic carbocycles. The summed E-state index contributed by atoms with van der Waals surface area (Å²) in [6.07, 6.45) is 6.05. The first-order valence-corrected chi connectivity index (χ1v) is 7.11. The molecule has 2 atom stereocenters. The van der Waals surface area contributed by atoms with Crippen LogP contribution in [0.1, 0.15) is 32.1 Å². The van der Waals surface area contributed by atoms with Crippen molar-refractivity contribution in [2.45, 2.75) is 44.2 Å². The van der Waals surface area contributed by atoms with Gasteiger partial charge in [-0.3, -0.25) is 9.69 Å². The molecular formula is C13H23N3O. The molecule has 4 heteroatoms. The van der Waals surface area contributed by atoms with Gasteiger partial charge in [0.25, 0.3) is 0 Å². The molecule has 1 amide bonds. The SMILES string of the molecule is O=C([C@H]1CCCCN1)N1CCN2CCCC2C1. The van der Waals surface area contributed by atoms with E-state index in [0.717, 1.165) is 32.6 Å². The molecule has 3 heterocycles. The van der Waals surface area contributed by atoms with Gasteiger partial charge < -0.3 is 10.2 Å². The van der Waals surface area contributed by atoms with E-state index >= 15 is 0 Å². The fraction of sp³-hybridized carbons (Fsp3) is 0.923. The van der Waals surface area contributed by atoms with Gasteiger partial charge in [-0.15, -0.1) is 0 Å². The molecule has 4 nitrogen and oxygen atoms in total. The van der Waals surface area contributed by atoms with Gasteiger partial charge in [0.15, 0.2) is 0 Å². The van der Waals surface area contributed by atoms with Crippen molar-refractivity contribution in [3.63, 3.8) is 0 Å². The minimum absolute atomic E-state index is 0.108. The third kappa shape index (κ3) is 2.33. The van der Waals surface area contributed by atoms with Gasteiger partial charge >= 0.3 is 0 Å². The smallest absolute Gasteiger partial charge is 0.239 e. The molecule has 3 aliphatic rings. The zero-order valence-corrected chi connectivity index (χ0v) is 10.5. The lowest BCUT2D eigenvalue weighted by Crippen LogP contribution is -2.57. The Morgan fingerprint density at radius 2 is 2.00 bits per heavy atom. The summed E-state index contributed by atoms with van der Waals surface area (Å²) < 4.78 is 0. The highest BCUT2D eigenvalue weighted by Crippen LogP contribution is 2.22. The average Bonchev–Trinajstić information content (AvgIpc) is 2.86. The Hall–Kier alpha value is -0.610. The van der Waals surface area contributed by atoms with Crippen molar-refractivity contribution in [1.29, 1.82) is 0 Å². The van der Waals surface area contributed by atoms with Crippen molar-refractivity contribution < 1.29 is 4.79 Å². The molecular weight excluding hydrogens is 214 g/mol. The van der Waals surface area contributed by atoms with Gasteiger partial charge in [-0.05, 0) is 38.8 Å². The summed E-state index contributed by atoms with van der Waals surface area (Å²) in [7, 11) is 0. The molecule has 1 unspecified atom stereocenters. The van der Waals surface area contributed by atoms with Crippen LogP contribution in [0, 0.1) is 0 Å². The standard InChI is InChI=1S/C13H23N3O/c17-13(12-5-1-2-6-14-12)16-9-8-15-7-3-4-11(15)10-16/h11-12,14H,1-10H2/t11?,12-/m1/s1. The molecule has 0 saturated carbocycles. The summed E-state index contributed by atoms with van der Waals surface area (Å²) in [6.45, 7) is 5.25. The topological polar surface area (TPSA) is 35.6 Å². The maximum absolute atomic E-state index is 12.4. The van der Waals surface area contributed by atoms with Crippen molar-refractivity contribution in [2.24, 2.45) is 0 Å². The van der Waals surface area contributed by atoms with Crippen molar-refractivity contribution in [3.05, 3.63) is 0 Å². The Morgan fingerprint density at radius 1 is 1.06 bits per heavy atom. The summed E-state index contributed by atoms with van der Waals surface area (Å²) in [5.74, 6) is 0.358. The number of amides is 1. The van der Waals surface area contributed by atoms with E-state index in [0.29, 0.717) is 11.9 Å². The van der Waals surface area contributed by atoms with Crippen LogP contribution in [0.5, 0.6) is 0 Å². The van der Waals surface area contributed by atoms with Gasteiger partial charge in [0.05, 0.1) is 6.04 Å². The van der Waals surface area contributed by atoms with Gasteiger partial charge in [0, 0.05) is 25.7 Å². The highest BCUT2D eigenvalue weighted by Gasteiger charge is 2.34. The van der Waals surface area contributed by atoms with Crippen molar-refractivity contribution in [1.82, 2.24) is 15.1 Å². The van der Waals surface area contributed by atoms with Crippen LogP contribution in [0.15, 0.2) is 0 Å². The lowest BCUT2D eigenvalue weighted by Gasteiger charge is -2.39. The predicted molar refractivity (Wildman–Crippen MR) is 66.8 cm³/mol. The lowest BCUT2D eigenvalue weighted by molar-refractivity contribution is -0.136. The molecule has 96 valence electrons. The van der Waals surface area contributed by atoms with E-state index in [2.05, 4.69) is 15.1 Å². The van der Waals surface area contributed by atoms with Crippen LogP contribution in [-0.2, 0) is 4.79 Å². The molecule has 1 N–H and O–H groups in total. The minimum Gasteiger partial charge on any atom is -0.338 e. The third-order valence-electron chi connectivity index (χ3n) is 4.51. The maximum atomic E-state index is 12.4. The minimum atomic E-state index is 0.108. The highest BCUT2D eigenvalue weighted by atomic mass is 16.2. The zero-order chi connectivity index (χ0) is 11.7. The molecule has 3 fully saturated rings. The average molecular weight is 237 g/mol. The van der Waals surface area contributed by atoms with E-state index in [1.807, 2.05) is 0 Å². The van der Waals surface area contributed by atoms with E-state index in [-0.39, 0.29) is 6.04 Å². The molecule has 17 heavy (non-hydrogen) atoms. The fourth-order valence-electron chi connectivity index (χ4n) is 3.47. The number of fused-ring (bicyclic) bond motifs is 1. The van der Waals surface area contributed by atoms with Gasteiger partial charge in [-0.1, -0.05) is 6.42 Å². The van der Waals surface area contributed by atoms with Crippen molar-refractivity contribution >= 4 is 5.91 Å². The van der Waals surface area contributed by atoms with Gasteiger partial charge in [-0.2, -0.15) is 0 Å². The molecule has 0 radical (unpaired) electrons. The second-order valence-electron chi connectivity index (χ2n) is 5.62. The summed E-state index contributed by atoms with van der Waals surface area (Å²) in [5.41, 5.74) is 0. The number of hydrogen-bond acceptors (Lipinski definition) is 3. The van der Waals surface area contributed by atoms with Crippen LogP contribution in [0.3, 0.4) is 0 Å². The van der Waals surface area contributed by atoms with E-state index in [1.165, 1.54) is 32.2 Å². The fourth-order valence-corrected chi connectivity index (χ4v) is 3.47. The van der Waals surface area contributed by atoms with Crippen LogP contribution in [0.4, 0.5) is 0 Å². The van der Waals surface area contributed by atoms with Crippen LogP contribution < -0.4 is 5.32 Å². The Balaban J connectivity index is 1.58. The molecule has 0 aromatic rings. The first-order chi connectivity index (χ1) is 8.34. The lowest BCUT2D eigenvalue weighted by atomic mass is 10.0. The normalized spacial score (nSPS) is 34.7. The number of nitrogens with zero attached hydrogens (tertiary/aromatic N) is 2. The molecule has 0 aromatic carbocycles. The van der Waals surface area contributed by atoms with Crippen LogP contribution in [0.25, 0.3) is 0 Å². The number of hydrogen-bond donors (Lipinski definition) is 1. The van der Waals surface area contributed by atoms with E-state index < -0.39 is 0 Å². The second-order valence-corrected chi connectivity index (χ2v) is 5.62. The number of piperidine rings is 1. The molecule has 3 rings (SSSR count). The highest BCUT2D eigenvalue weighted by molar-refractivity contribution is 5.82.